The number of hydrogen-bond acceptors (Lipinski definition) is 2. The molecule has 24 heavy (non-hydrogen) atoms. The standard InChI is InChI=1S/C20H23NO3/c1-14-5-4-6-15(9-14)10-18(20(23)24)11-19(22)21-12-16-7-2-3-8-17(16)13-21/h2-6,9-10,16-17H,7-8,11-13H2,1H3,(H,23,24)/b18-10+/t16-,17+. The zero-order valence-corrected chi connectivity index (χ0v) is 13.9. The Balaban J connectivity index is 1.70. The zero-order chi connectivity index (χ0) is 17.1. The van der Waals surface area contributed by atoms with Crippen molar-refractivity contribution in [1.29, 1.82) is 0 Å². The van der Waals surface area contributed by atoms with Gasteiger partial charge >= 0.3 is 5.97 Å². The van der Waals surface area contributed by atoms with Crippen molar-refractivity contribution in [2.45, 2.75) is 26.2 Å². The minimum Gasteiger partial charge on any atom is -0.478 e. The van der Waals surface area contributed by atoms with Crippen molar-refractivity contribution in [3.63, 3.8) is 0 Å². The number of fused-ring (bicyclic) bond motifs is 1. The summed E-state index contributed by atoms with van der Waals surface area (Å²) in [7, 11) is 0. The van der Waals surface area contributed by atoms with Gasteiger partial charge in [0.2, 0.25) is 5.91 Å². The average molecular weight is 325 g/mol. The fraction of sp³-hybridized carbons (Fsp3) is 0.400. The van der Waals surface area contributed by atoms with Gasteiger partial charge in [-0.25, -0.2) is 4.79 Å². The molecule has 4 nitrogen and oxygen atoms in total. The van der Waals surface area contributed by atoms with E-state index in [0.717, 1.165) is 37.1 Å². The highest BCUT2D eigenvalue weighted by molar-refractivity contribution is 5.98. The lowest BCUT2D eigenvalue weighted by molar-refractivity contribution is -0.136. The van der Waals surface area contributed by atoms with E-state index < -0.39 is 5.97 Å². The van der Waals surface area contributed by atoms with Crippen LogP contribution >= 0.6 is 0 Å². The third-order valence-electron chi connectivity index (χ3n) is 4.97. The van der Waals surface area contributed by atoms with E-state index in [-0.39, 0.29) is 17.9 Å². The van der Waals surface area contributed by atoms with E-state index in [2.05, 4.69) is 12.2 Å². The predicted octanol–water partition coefficient (Wildman–Crippen LogP) is 3.28. The molecule has 2 aliphatic rings. The summed E-state index contributed by atoms with van der Waals surface area (Å²) < 4.78 is 0. The van der Waals surface area contributed by atoms with Gasteiger partial charge in [0.15, 0.2) is 0 Å². The van der Waals surface area contributed by atoms with Crippen molar-refractivity contribution >= 4 is 18.0 Å². The Morgan fingerprint density at radius 2 is 1.88 bits per heavy atom. The summed E-state index contributed by atoms with van der Waals surface area (Å²) in [6.07, 6.45) is 8.00. The normalized spacial score (nSPS) is 23.2. The third-order valence-corrected chi connectivity index (χ3v) is 4.97. The molecule has 1 saturated heterocycles. The lowest BCUT2D eigenvalue weighted by Crippen LogP contribution is -2.29. The highest BCUT2D eigenvalue weighted by Gasteiger charge is 2.35. The Hall–Kier alpha value is -2.36. The molecule has 3 rings (SSSR count). The number of allylic oxidation sites excluding steroid dienone is 2. The molecule has 1 N–H and O–H groups in total. The van der Waals surface area contributed by atoms with Gasteiger partial charge in [0.25, 0.3) is 0 Å². The number of amides is 1. The van der Waals surface area contributed by atoms with Crippen LogP contribution in [0.2, 0.25) is 0 Å². The Morgan fingerprint density at radius 3 is 2.46 bits per heavy atom. The first kappa shape index (κ1) is 16.5. The SMILES string of the molecule is Cc1cccc(/C=C(\CC(=O)N2C[C@H]3CC=CC[C@H]3C2)C(=O)O)c1. The molecule has 1 aromatic carbocycles. The van der Waals surface area contributed by atoms with Crippen LogP contribution in [0.25, 0.3) is 6.08 Å². The fourth-order valence-corrected chi connectivity index (χ4v) is 3.64. The van der Waals surface area contributed by atoms with Crippen molar-refractivity contribution in [1.82, 2.24) is 4.90 Å². The van der Waals surface area contributed by atoms with Gasteiger partial charge in [0.05, 0.1) is 6.42 Å². The average Bonchev–Trinajstić information content (AvgIpc) is 2.98. The van der Waals surface area contributed by atoms with Crippen LogP contribution in [-0.4, -0.2) is 35.0 Å². The summed E-state index contributed by atoms with van der Waals surface area (Å²) in [5, 5.41) is 9.45. The van der Waals surface area contributed by atoms with Gasteiger partial charge in [-0.2, -0.15) is 0 Å². The van der Waals surface area contributed by atoms with E-state index in [4.69, 9.17) is 0 Å². The molecule has 0 saturated carbocycles. The number of likely N-dealkylation sites (tertiary alicyclic amines) is 1. The number of benzene rings is 1. The monoisotopic (exact) mass is 325 g/mol. The molecule has 0 bridgehead atoms. The molecular weight excluding hydrogens is 302 g/mol. The van der Waals surface area contributed by atoms with E-state index in [1.165, 1.54) is 0 Å². The first-order valence-corrected chi connectivity index (χ1v) is 8.46. The highest BCUT2D eigenvalue weighted by atomic mass is 16.4. The van der Waals surface area contributed by atoms with Crippen LogP contribution in [0.4, 0.5) is 0 Å². The third kappa shape index (κ3) is 3.75. The van der Waals surface area contributed by atoms with Crippen molar-refractivity contribution < 1.29 is 14.7 Å². The summed E-state index contributed by atoms with van der Waals surface area (Å²) in [5.41, 5.74) is 2.04. The Kier molecular flexibility index (Phi) is 4.84. The summed E-state index contributed by atoms with van der Waals surface area (Å²) in [5.74, 6) is -0.0326. The summed E-state index contributed by atoms with van der Waals surface area (Å²) >= 11 is 0. The maximum atomic E-state index is 12.6. The van der Waals surface area contributed by atoms with Crippen LogP contribution in [0, 0.1) is 18.8 Å². The zero-order valence-electron chi connectivity index (χ0n) is 13.9. The first-order valence-electron chi connectivity index (χ1n) is 8.46. The van der Waals surface area contributed by atoms with E-state index in [1.54, 1.807) is 6.08 Å². The Morgan fingerprint density at radius 1 is 1.21 bits per heavy atom. The van der Waals surface area contributed by atoms with E-state index in [0.29, 0.717) is 11.8 Å². The molecule has 2 atom stereocenters. The summed E-state index contributed by atoms with van der Waals surface area (Å²) in [4.78, 5) is 25.9. The second-order valence-electron chi connectivity index (χ2n) is 6.83. The number of nitrogens with zero attached hydrogens (tertiary/aromatic N) is 1. The number of aryl methyl sites for hydroxylation is 1. The largest absolute Gasteiger partial charge is 0.478 e. The minimum absolute atomic E-state index is 0.0455. The number of hydrogen-bond donors (Lipinski definition) is 1. The highest BCUT2D eigenvalue weighted by Crippen LogP contribution is 2.33. The van der Waals surface area contributed by atoms with Crippen LogP contribution in [0.3, 0.4) is 0 Å². The van der Waals surface area contributed by atoms with Gasteiger partial charge < -0.3 is 10.0 Å². The second-order valence-corrected chi connectivity index (χ2v) is 6.83. The molecule has 0 spiro atoms. The number of carboxylic acids is 1. The number of carboxylic acid groups (broad SMARTS) is 1. The van der Waals surface area contributed by atoms with Crippen LogP contribution in [0.15, 0.2) is 42.0 Å². The first-order chi connectivity index (χ1) is 11.5. The molecule has 1 fully saturated rings. The predicted molar refractivity (Wildman–Crippen MR) is 93.3 cm³/mol. The molecule has 0 aromatic heterocycles. The van der Waals surface area contributed by atoms with Crippen molar-refractivity contribution in [3.05, 3.63) is 53.1 Å². The topological polar surface area (TPSA) is 57.6 Å². The number of carbonyl (C=O) groups excluding carboxylic acids is 1. The van der Waals surface area contributed by atoms with Gasteiger partial charge in [-0.15, -0.1) is 0 Å². The lowest BCUT2D eigenvalue weighted by atomic mass is 9.86. The van der Waals surface area contributed by atoms with Gasteiger partial charge in [0.1, 0.15) is 0 Å². The van der Waals surface area contributed by atoms with Gasteiger partial charge in [-0.3, -0.25) is 4.79 Å². The Bertz CT molecular complexity index is 689. The van der Waals surface area contributed by atoms with Crippen LogP contribution in [0.1, 0.15) is 30.4 Å². The number of rotatable bonds is 4. The molecule has 0 radical (unpaired) electrons. The second kappa shape index (κ2) is 7.04. The molecule has 4 heteroatoms. The summed E-state index contributed by atoms with van der Waals surface area (Å²) in [6, 6.07) is 7.63. The van der Waals surface area contributed by atoms with Crippen molar-refractivity contribution in [2.75, 3.05) is 13.1 Å². The minimum atomic E-state index is -1.02. The lowest BCUT2D eigenvalue weighted by Gasteiger charge is -2.17. The molecule has 1 aliphatic heterocycles. The van der Waals surface area contributed by atoms with Crippen molar-refractivity contribution in [2.24, 2.45) is 11.8 Å². The molecular formula is C20H23NO3. The van der Waals surface area contributed by atoms with Gasteiger partial charge in [-0.1, -0.05) is 42.0 Å². The molecule has 1 aliphatic carbocycles. The molecule has 0 unspecified atom stereocenters. The van der Waals surface area contributed by atoms with E-state index >= 15 is 0 Å². The van der Waals surface area contributed by atoms with E-state index in [1.807, 2.05) is 36.1 Å². The maximum absolute atomic E-state index is 12.6. The number of carbonyl (C=O) groups is 2. The molecule has 1 heterocycles. The van der Waals surface area contributed by atoms with Gasteiger partial charge in [-0.05, 0) is 43.2 Å². The number of aliphatic carboxylic acids is 1. The van der Waals surface area contributed by atoms with Crippen LogP contribution < -0.4 is 0 Å². The van der Waals surface area contributed by atoms with Crippen LogP contribution in [-0.2, 0) is 9.59 Å². The van der Waals surface area contributed by atoms with Crippen LogP contribution in [0.5, 0.6) is 0 Å². The maximum Gasteiger partial charge on any atom is 0.332 e. The molecule has 1 aromatic rings. The van der Waals surface area contributed by atoms with Crippen molar-refractivity contribution in [3.8, 4) is 0 Å². The molecule has 1 amide bonds. The fourth-order valence-electron chi connectivity index (χ4n) is 3.64. The quantitative estimate of drug-likeness (QED) is 0.683. The Labute approximate surface area is 142 Å². The molecule has 126 valence electrons. The smallest absolute Gasteiger partial charge is 0.332 e. The van der Waals surface area contributed by atoms with E-state index in [9.17, 15) is 14.7 Å². The summed E-state index contributed by atoms with van der Waals surface area (Å²) in [6.45, 7) is 3.47. The van der Waals surface area contributed by atoms with Gasteiger partial charge in [0, 0.05) is 18.7 Å².